The van der Waals surface area contributed by atoms with E-state index in [0.29, 0.717) is 11.4 Å². The third-order valence-corrected chi connectivity index (χ3v) is 7.51. The Kier molecular flexibility index (Phi) is 8.53. The van der Waals surface area contributed by atoms with Crippen molar-refractivity contribution in [2.24, 2.45) is 0 Å². The van der Waals surface area contributed by atoms with Gasteiger partial charge >= 0.3 is 0 Å². The molecule has 3 aromatic rings. The van der Waals surface area contributed by atoms with Gasteiger partial charge in [-0.3, -0.25) is 4.79 Å². The number of nitrogens with zero attached hydrogens (tertiary/aromatic N) is 1. The predicted molar refractivity (Wildman–Crippen MR) is 137 cm³/mol. The third kappa shape index (κ3) is 6.21. The first kappa shape index (κ1) is 26.2. The van der Waals surface area contributed by atoms with Gasteiger partial charge in [-0.15, -0.1) is 0 Å². The van der Waals surface area contributed by atoms with E-state index in [2.05, 4.69) is 5.32 Å². The molecule has 0 aliphatic rings. The summed E-state index contributed by atoms with van der Waals surface area (Å²) in [5.41, 5.74) is 3.37. The molecule has 0 heterocycles. The topological polar surface area (TPSA) is 84.9 Å². The number of benzene rings is 3. The van der Waals surface area contributed by atoms with Crippen LogP contribution in [0, 0.1) is 6.92 Å². The molecule has 0 spiro atoms. The van der Waals surface area contributed by atoms with Crippen LogP contribution in [0.5, 0.6) is 11.5 Å². The summed E-state index contributed by atoms with van der Waals surface area (Å²) in [7, 11) is -1.27. The zero-order valence-electron chi connectivity index (χ0n) is 20.7. The molecule has 0 bridgehead atoms. The van der Waals surface area contributed by atoms with Gasteiger partial charge in [-0.25, -0.2) is 8.42 Å². The van der Waals surface area contributed by atoms with Crippen molar-refractivity contribution < 1.29 is 22.7 Å². The van der Waals surface area contributed by atoms with E-state index < -0.39 is 15.9 Å². The molecule has 0 saturated heterocycles. The van der Waals surface area contributed by atoms with Gasteiger partial charge in [0.1, 0.15) is 16.4 Å². The molecule has 0 aliphatic heterocycles. The second-order valence-corrected chi connectivity index (χ2v) is 10.4. The fourth-order valence-corrected chi connectivity index (χ4v) is 5.37. The number of rotatable bonds is 10. The number of hydrogen-bond donors (Lipinski definition) is 1. The fourth-order valence-electron chi connectivity index (χ4n) is 3.82. The van der Waals surface area contributed by atoms with E-state index in [4.69, 9.17) is 9.47 Å². The van der Waals surface area contributed by atoms with E-state index in [1.54, 1.807) is 6.07 Å². The minimum atomic E-state index is -4.13. The first-order chi connectivity index (χ1) is 16.7. The number of anilines is 1. The third-order valence-electron chi connectivity index (χ3n) is 5.70. The molecule has 0 saturated carbocycles. The molecule has 186 valence electrons. The normalized spacial score (nSPS) is 11.5. The minimum Gasteiger partial charge on any atom is -0.497 e. The Morgan fingerprint density at radius 1 is 0.971 bits per heavy atom. The summed E-state index contributed by atoms with van der Waals surface area (Å²) < 4.78 is 39.4. The lowest BCUT2D eigenvalue weighted by atomic mass is 9.98. The number of para-hydroxylation sites is 1. The highest BCUT2D eigenvalue weighted by atomic mass is 32.2. The van der Waals surface area contributed by atoms with E-state index in [1.807, 2.05) is 69.3 Å². The first-order valence-corrected chi connectivity index (χ1v) is 12.8. The number of amides is 1. The molecule has 1 amide bonds. The molecule has 8 heteroatoms. The fraction of sp³-hybridized carbons (Fsp3) is 0.296. The maximum absolute atomic E-state index is 13.8. The SMILES string of the molecule is COc1ccc(OC)c(S(=O)(=O)N(CC(=O)Nc2c(C)cccc2C(C)C)Cc2ccccc2)c1. The summed E-state index contributed by atoms with van der Waals surface area (Å²) >= 11 is 0. The van der Waals surface area contributed by atoms with Gasteiger partial charge in [0.15, 0.2) is 0 Å². The van der Waals surface area contributed by atoms with Crippen LogP contribution in [-0.4, -0.2) is 39.4 Å². The average Bonchev–Trinajstić information content (AvgIpc) is 2.84. The van der Waals surface area contributed by atoms with Crippen molar-refractivity contribution in [1.82, 2.24) is 4.31 Å². The lowest BCUT2D eigenvalue weighted by Gasteiger charge is -2.24. The van der Waals surface area contributed by atoms with E-state index in [9.17, 15) is 13.2 Å². The van der Waals surface area contributed by atoms with Crippen molar-refractivity contribution in [2.45, 2.75) is 38.1 Å². The van der Waals surface area contributed by atoms with Crippen LogP contribution in [0.2, 0.25) is 0 Å². The van der Waals surface area contributed by atoms with Gasteiger partial charge in [-0.2, -0.15) is 4.31 Å². The summed E-state index contributed by atoms with van der Waals surface area (Å²) in [6.07, 6.45) is 0. The maximum Gasteiger partial charge on any atom is 0.247 e. The van der Waals surface area contributed by atoms with Crippen LogP contribution in [-0.2, 0) is 21.4 Å². The maximum atomic E-state index is 13.8. The Morgan fingerprint density at radius 2 is 1.69 bits per heavy atom. The quantitative estimate of drug-likeness (QED) is 0.429. The van der Waals surface area contributed by atoms with Gasteiger partial charge in [0.2, 0.25) is 15.9 Å². The molecule has 0 atom stereocenters. The summed E-state index contributed by atoms with van der Waals surface area (Å²) in [5.74, 6) is 0.304. The number of ether oxygens (including phenoxy) is 2. The average molecular weight is 497 g/mol. The van der Waals surface area contributed by atoms with Crippen molar-refractivity contribution >= 4 is 21.6 Å². The second kappa shape index (κ2) is 11.4. The molecule has 1 N–H and O–H groups in total. The number of nitrogens with one attached hydrogen (secondary N) is 1. The van der Waals surface area contributed by atoms with Crippen LogP contribution < -0.4 is 14.8 Å². The van der Waals surface area contributed by atoms with E-state index in [1.165, 1.54) is 26.4 Å². The van der Waals surface area contributed by atoms with Gasteiger partial charge in [0.25, 0.3) is 0 Å². The monoisotopic (exact) mass is 496 g/mol. The van der Waals surface area contributed by atoms with Crippen LogP contribution in [0.25, 0.3) is 0 Å². The molecular formula is C27H32N2O5S. The van der Waals surface area contributed by atoms with E-state index in [-0.39, 0.29) is 29.7 Å². The molecule has 0 aromatic heterocycles. The summed E-state index contributed by atoms with van der Waals surface area (Å²) in [6.45, 7) is 5.66. The molecule has 3 aromatic carbocycles. The number of hydrogen-bond acceptors (Lipinski definition) is 5. The zero-order chi connectivity index (χ0) is 25.6. The molecule has 0 radical (unpaired) electrons. The van der Waals surface area contributed by atoms with Crippen molar-refractivity contribution in [3.8, 4) is 11.5 Å². The Balaban J connectivity index is 1.99. The van der Waals surface area contributed by atoms with Crippen LogP contribution >= 0.6 is 0 Å². The molecule has 0 fully saturated rings. The zero-order valence-corrected chi connectivity index (χ0v) is 21.6. The van der Waals surface area contributed by atoms with Crippen molar-refractivity contribution in [2.75, 3.05) is 26.1 Å². The summed E-state index contributed by atoms with van der Waals surface area (Å²) in [4.78, 5) is 13.2. The number of methoxy groups -OCH3 is 2. The highest BCUT2D eigenvalue weighted by Crippen LogP contribution is 2.32. The van der Waals surface area contributed by atoms with Crippen LogP contribution in [0.1, 0.15) is 36.5 Å². The number of carbonyl (C=O) groups excluding carboxylic acids is 1. The summed E-state index contributed by atoms with van der Waals surface area (Å²) in [5, 5.41) is 2.95. The molecule has 3 rings (SSSR count). The molecule has 0 unspecified atom stereocenters. The highest BCUT2D eigenvalue weighted by molar-refractivity contribution is 7.89. The van der Waals surface area contributed by atoms with Crippen molar-refractivity contribution in [3.63, 3.8) is 0 Å². The molecule has 0 aliphatic carbocycles. The smallest absolute Gasteiger partial charge is 0.247 e. The molecular weight excluding hydrogens is 464 g/mol. The van der Waals surface area contributed by atoms with E-state index >= 15 is 0 Å². The van der Waals surface area contributed by atoms with Gasteiger partial charge < -0.3 is 14.8 Å². The lowest BCUT2D eigenvalue weighted by Crippen LogP contribution is -2.38. The van der Waals surface area contributed by atoms with Crippen LogP contribution in [0.15, 0.2) is 71.6 Å². The van der Waals surface area contributed by atoms with E-state index in [0.717, 1.165) is 21.0 Å². The van der Waals surface area contributed by atoms with Crippen molar-refractivity contribution in [1.29, 1.82) is 0 Å². The number of aryl methyl sites for hydroxylation is 1. The highest BCUT2D eigenvalue weighted by Gasteiger charge is 2.30. The Hall–Kier alpha value is -3.36. The van der Waals surface area contributed by atoms with Gasteiger partial charge in [0.05, 0.1) is 20.8 Å². The van der Waals surface area contributed by atoms with Crippen molar-refractivity contribution in [3.05, 3.63) is 83.4 Å². The van der Waals surface area contributed by atoms with Gasteiger partial charge in [-0.05, 0) is 41.7 Å². The van der Waals surface area contributed by atoms with Crippen LogP contribution in [0.4, 0.5) is 5.69 Å². The minimum absolute atomic E-state index is 0.0156. The Bertz CT molecular complexity index is 1270. The first-order valence-electron chi connectivity index (χ1n) is 11.3. The second-order valence-electron chi connectivity index (χ2n) is 8.52. The lowest BCUT2D eigenvalue weighted by molar-refractivity contribution is -0.116. The van der Waals surface area contributed by atoms with Gasteiger partial charge in [-0.1, -0.05) is 62.4 Å². The van der Waals surface area contributed by atoms with Crippen LogP contribution in [0.3, 0.4) is 0 Å². The Morgan fingerprint density at radius 3 is 2.31 bits per heavy atom. The predicted octanol–water partition coefficient (Wildman–Crippen LogP) is 4.97. The molecule has 35 heavy (non-hydrogen) atoms. The van der Waals surface area contributed by atoms with Gasteiger partial charge in [0, 0.05) is 18.3 Å². The molecule has 7 nitrogen and oxygen atoms in total. The largest absolute Gasteiger partial charge is 0.497 e. The number of carbonyl (C=O) groups is 1. The standard InChI is InChI=1S/C27H32N2O5S/c1-19(2)23-13-9-10-20(3)27(23)28-26(30)18-29(17-21-11-7-6-8-12-21)35(31,32)25-16-22(33-4)14-15-24(25)34-5/h6-16,19H,17-18H2,1-5H3,(H,28,30). The Labute approximate surface area is 207 Å². The summed E-state index contributed by atoms with van der Waals surface area (Å²) in [6, 6.07) is 19.5. The number of sulfonamides is 1.